The van der Waals surface area contributed by atoms with Gasteiger partial charge in [0.1, 0.15) is 0 Å². The zero-order chi connectivity index (χ0) is 11.1. The minimum atomic E-state index is -5.12. The number of nitrogens with zero attached hydrogens (tertiary/aromatic N) is 1. The molecular weight excluding hydrogens is 228 g/mol. The first-order valence-corrected chi connectivity index (χ1v) is 5.08. The third kappa shape index (κ3) is 24.6. The van der Waals surface area contributed by atoms with Crippen molar-refractivity contribution in [2.45, 2.75) is 0 Å². The van der Waals surface area contributed by atoms with Crippen molar-refractivity contribution in [2.75, 3.05) is 6.54 Å². The van der Waals surface area contributed by atoms with Gasteiger partial charge in [-0.05, 0) is 0 Å². The molecule has 0 unspecified atom stereocenters. The first-order chi connectivity index (χ1) is 5.62. The van der Waals surface area contributed by atoms with Crippen LogP contribution in [0.15, 0.2) is 0 Å². The minimum absolute atomic E-state index is 0.125. The normalized spacial score (nSPS) is 10.9. The Bertz CT molecular complexity index is 330. The predicted molar refractivity (Wildman–Crippen MR) is 38.8 cm³/mol. The molecule has 0 aliphatic rings. The molecule has 9 nitrogen and oxygen atoms in total. The molecule has 0 saturated heterocycles. The van der Waals surface area contributed by atoms with E-state index >= 15 is 0 Å². The maximum atomic E-state index is 9.44. The van der Waals surface area contributed by atoms with Gasteiger partial charge in [-0.25, -0.2) is 0 Å². The molecule has 0 atom stereocenters. The van der Waals surface area contributed by atoms with Gasteiger partial charge in [0.05, 0.1) is 12.6 Å². The lowest BCUT2D eigenvalue weighted by atomic mass is 10.8. The summed E-state index contributed by atoms with van der Waals surface area (Å²) in [4.78, 5) is 0. The Morgan fingerprint density at radius 2 is 1.46 bits per heavy atom. The number of rotatable bonds is 2. The highest BCUT2D eigenvalue weighted by Gasteiger charge is 2.15. The summed E-state index contributed by atoms with van der Waals surface area (Å²) >= 11 is 0. The molecule has 11 heteroatoms. The van der Waals surface area contributed by atoms with Crippen molar-refractivity contribution >= 4 is 20.8 Å². The number of hydrogen-bond acceptors (Lipinski definition) is 7. The second-order valence-electron chi connectivity index (χ2n) is 1.29. The lowest BCUT2D eigenvalue weighted by Gasteiger charge is -1.89. The van der Waals surface area contributed by atoms with Gasteiger partial charge in [0.2, 0.25) is 0 Å². The molecule has 13 heavy (non-hydrogen) atoms. The van der Waals surface area contributed by atoms with Gasteiger partial charge in [-0.1, -0.05) is 0 Å². The van der Waals surface area contributed by atoms with E-state index in [0.29, 0.717) is 0 Å². The Labute approximate surface area is 74.6 Å². The monoisotopic (exact) mass is 234 g/mol. The highest BCUT2D eigenvalue weighted by molar-refractivity contribution is 7.94. The molecule has 0 saturated carbocycles. The van der Waals surface area contributed by atoms with Crippen molar-refractivity contribution in [3.63, 3.8) is 0 Å². The molecule has 78 valence electrons. The molecule has 0 spiro atoms. The second-order valence-corrected chi connectivity index (χ2v) is 3.54. The van der Waals surface area contributed by atoms with Crippen molar-refractivity contribution < 1.29 is 29.6 Å². The quantitative estimate of drug-likeness (QED) is 0.364. The molecular formula is C2H6N2O7S2. The minimum Gasteiger partial charge on any atom is -0.318 e. The standard InChI is InChI=1S/C2H4N2.H2O7S2/c3-1-2-4;1-8(2,3)7-9(4,5)6/h1,3H2;(H,1,2,3)(H,4,5,6). The molecule has 0 radical (unpaired) electrons. The van der Waals surface area contributed by atoms with E-state index in [0.717, 1.165) is 0 Å². The predicted octanol–water partition coefficient (Wildman–Crippen LogP) is -1.92. The molecule has 0 bridgehead atoms. The van der Waals surface area contributed by atoms with Crippen LogP contribution in [0.5, 0.6) is 0 Å². The summed E-state index contributed by atoms with van der Waals surface area (Å²) in [6, 6.07) is 1.71. The zero-order valence-electron chi connectivity index (χ0n) is 5.98. The van der Waals surface area contributed by atoms with Crippen LogP contribution in [0, 0.1) is 11.3 Å². The summed E-state index contributed by atoms with van der Waals surface area (Å²) in [6.45, 7) is 0.125. The summed E-state index contributed by atoms with van der Waals surface area (Å²) in [7, 11) is -10.2. The van der Waals surface area contributed by atoms with Crippen LogP contribution in [-0.4, -0.2) is 32.5 Å². The zero-order valence-corrected chi connectivity index (χ0v) is 7.62. The summed E-state index contributed by atoms with van der Waals surface area (Å²) in [5.74, 6) is 0. The van der Waals surface area contributed by atoms with Gasteiger partial charge >= 0.3 is 20.8 Å². The van der Waals surface area contributed by atoms with Crippen LogP contribution >= 0.6 is 0 Å². The summed E-state index contributed by atoms with van der Waals surface area (Å²) < 4.78 is 55.6. The summed E-state index contributed by atoms with van der Waals surface area (Å²) in [5, 5.41) is 7.50. The van der Waals surface area contributed by atoms with E-state index in [-0.39, 0.29) is 6.54 Å². The Kier molecular flexibility index (Phi) is 6.58. The van der Waals surface area contributed by atoms with Crippen LogP contribution in [0.25, 0.3) is 0 Å². The van der Waals surface area contributed by atoms with Crippen LogP contribution in [-0.2, 0) is 24.4 Å². The van der Waals surface area contributed by atoms with Crippen molar-refractivity contribution in [1.29, 1.82) is 5.26 Å². The maximum absolute atomic E-state index is 9.44. The molecule has 0 fully saturated rings. The molecule has 0 heterocycles. The van der Waals surface area contributed by atoms with Crippen molar-refractivity contribution in [2.24, 2.45) is 5.73 Å². The van der Waals surface area contributed by atoms with E-state index in [1.54, 1.807) is 6.07 Å². The SMILES string of the molecule is N#CCN.O=S(=O)(O)OS(=O)(=O)O. The topological polar surface area (TPSA) is 168 Å². The van der Waals surface area contributed by atoms with Crippen LogP contribution < -0.4 is 5.73 Å². The fourth-order valence-electron chi connectivity index (χ4n) is 0.109. The smallest absolute Gasteiger partial charge is 0.318 e. The lowest BCUT2D eigenvalue weighted by molar-refractivity contribution is 0.344. The van der Waals surface area contributed by atoms with Gasteiger partial charge in [0.15, 0.2) is 0 Å². The molecule has 0 amide bonds. The van der Waals surface area contributed by atoms with Gasteiger partial charge in [-0.15, -0.1) is 3.63 Å². The summed E-state index contributed by atoms with van der Waals surface area (Å²) in [5.41, 5.74) is 4.67. The highest BCUT2D eigenvalue weighted by atomic mass is 32.3. The van der Waals surface area contributed by atoms with Gasteiger partial charge in [-0.3, -0.25) is 9.11 Å². The average Bonchev–Trinajstić information content (AvgIpc) is 1.80. The molecule has 0 aromatic heterocycles. The average molecular weight is 234 g/mol. The van der Waals surface area contributed by atoms with E-state index in [4.69, 9.17) is 14.4 Å². The lowest BCUT2D eigenvalue weighted by Crippen LogP contribution is -2.10. The second kappa shape index (κ2) is 5.80. The van der Waals surface area contributed by atoms with Crippen LogP contribution in [0.3, 0.4) is 0 Å². The molecule has 4 N–H and O–H groups in total. The molecule has 0 aromatic rings. The van der Waals surface area contributed by atoms with Gasteiger partial charge in [-0.2, -0.15) is 22.1 Å². The van der Waals surface area contributed by atoms with Crippen LogP contribution in [0.1, 0.15) is 0 Å². The van der Waals surface area contributed by atoms with Crippen molar-refractivity contribution in [1.82, 2.24) is 0 Å². The largest absolute Gasteiger partial charge is 0.413 e. The van der Waals surface area contributed by atoms with Crippen molar-refractivity contribution in [3.05, 3.63) is 0 Å². The fraction of sp³-hybridized carbons (Fsp3) is 0.500. The van der Waals surface area contributed by atoms with E-state index in [2.05, 4.69) is 9.36 Å². The highest BCUT2D eigenvalue weighted by Crippen LogP contribution is 1.91. The number of nitrogens with two attached hydrogens (primary N) is 1. The van der Waals surface area contributed by atoms with Gasteiger partial charge < -0.3 is 5.73 Å². The van der Waals surface area contributed by atoms with Gasteiger partial charge in [0, 0.05) is 0 Å². The van der Waals surface area contributed by atoms with E-state index < -0.39 is 20.8 Å². The van der Waals surface area contributed by atoms with E-state index in [1.807, 2.05) is 0 Å². The Hall–Kier alpha value is -0.770. The number of nitriles is 1. The Morgan fingerprint density at radius 1 is 1.23 bits per heavy atom. The van der Waals surface area contributed by atoms with Crippen LogP contribution in [0.4, 0.5) is 0 Å². The fourth-order valence-corrected chi connectivity index (χ4v) is 0.978. The molecule has 0 aliphatic carbocycles. The first-order valence-electron chi connectivity index (χ1n) is 2.35. The third-order valence-electron chi connectivity index (χ3n) is 0.263. The molecule has 0 aromatic carbocycles. The van der Waals surface area contributed by atoms with Crippen LogP contribution in [0.2, 0.25) is 0 Å². The van der Waals surface area contributed by atoms with Crippen molar-refractivity contribution in [3.8, 4) is 6.07 Å². The summed E-state index contributed by atoms with van der Waals surface area (Å²) in [6.07, 6.45) is 0. The molecule has 0 aliphatic heterocycles. The van der Waals surface area contributed by atoms with E-state index in [1.165, 1.54) is 0 Å². The Morgan fingerprint density at radius 3 is 1.46 bits per heavy atom. The Balaban J connectivity index is 0. The maximum Gasteiger partial charge on any atom is 0.413 e. The number of hydrogen-bond donors (Lipinski definition) is 3. The third-order valence-corrected chi connectivity index (χ3v) is 1.64. The molecule has 0 rings (SSSR count). The first kappa shape index (κ1) is 14.7. The van der Waals surface area contributed by atoms with E-state index in [9.17, 15) is 16.8 Å². The van der Waals surface area contributed by atoms with Gasteiger partial charge in [0.25, 0.3) is 0 Å².